The molecule has 0 saturated carbocycles. The molecule has 0 saturated heterocycles. The normalized spacial score (nSPS) is 13.3. The maximum Gasteiger partial charge on any atom is 0.350 e. The van der Waals surface area contributed by atoms with Crippen molar-refractivity contribution in [2.24, 2.45) is 0 Å². The van der Waals surface area contributed by atoms with Crippen LogP contribution in [-0.4, -0.2) is 23.3 Å². The van der Waals surface area contributed by atoms with Crippen molar-refractivity contribution in [2.75, 3.05) is 6.61 Å². The summed E-state index contributed by atoms with van der Waals surface area (Å²) in [5, 5.41) is 8.07. The van der Waals surface area contributed by atoms with Gasteiger partial charge in [0.15, 0.2) is 0 Å². The molecule has 1 aromatic rings. The molecule has 0 radical (unpaired) electrons. The van der Waals surface area contributed by atoms with Crippen molar-refractivity contribution in [1.29, 1.82) is 0 Å². The Kier molecular flexibility index (Phi) is 4.41. The Bertz CT molecular complexity index is 505. The highest BCUT2D eigenvalue weighted by atomic mass is 31.2. The molecule has 0 aliphatic rings. The highest BCUT2D eigenvalue weighted by Gasteiger charge is 2.32. The second-order valence-corrected chi connectivity index (χ2v) is 5.21. The zero-order chi connectivity index (χ0) is 12.9. The molecule has 0 heterocycles. The summed E-state index contributed by atoms with van der Waals surface area (Å²) in [6.45, 7) is 1.59. The van der Waals surface area contributed by atoms with E-state index in [-0.39, 0.29) is 11.9 Å². The van der Waals surface area contributed by atoms with Gasteiger partial charge in [-0.15, -0.1) is 0 Å². The largest absolute Gasteiger partial charge is 0.762 e. The molecular formula is C11H11NO4P-. The molecule has 0 fully saturated rings. The number of rotatable bonds is 4. The van der Waals surface area contributed by atoms with Gasteiger partial charge in [-0.1, -0.05) is 18.2 Å². The maximum absolute atomic E-state index is 12.1. The molecular weight excluding hydrogens is 241 g/mol. The van der Waals surface area contributed by atoms with Crippen LogP contribution in [0.3, 0.4) is 0 Å². The minimum absolute atomic E-state index is 0.0320. The first-order chi connectivity index (χ1) is 8.04. The van der Waals surface area contributed by atoms with Crippen LogP contribution in [0.15, 0.2) is 35.6 Å². The fourth-order valence-corrected chi connectivity index (χ4v) is 2.48. The molecule has 0 aliphatic carbocycles. The molecule has 0 aromatic heterocycles. The van der Waals surface area contributed by atoms with Gasteiger partial charge in [0.05, 0.1) is 6.61 Å². The summed E-state index contributed by atoms with van der Waals surface area (Å²) < 4.78 is 16.6. The topological polar surface area (TPSA) is 85.9 Å². The van der Waals surface area contributed by atoms with E-state index in [1.807, 2.05) is 0 Å². The molecule has 0 spiro atoms. The van der Waals surface area contributed by atoms with Crippen LogP contribution in [0, 0.1) is 0 Å². The number of carbonyl (C=O) groups excluding carboxylic acids is 1. The maximum atomic E-state index is 12.1. The summed E-state index contributed by atoms with van der Waals surface area (Å²) in [5.41, 5.74) is 0. The Labute approximate surface area is 98.7 Å². The van der Waals surface area contributed by atoms with Crippen molar-refractivity contribution in [1.82, 2.24) is 0 Å². The Morgan fingerprint density at radius 3 is 2.53 bits per heavy atom. The van der Waals surface area contributed by atoms with E-state index in [4.69, 9.17) is 5.41 Å². The molecule has 1 atom stereocenters. The van der Waals surface area contributed by atoms with Crippen molar-refractivity contribution in [3.05, 3.63) is 41.1 Å². The van der Waals surface area contributed by atoms with Crippen LogP contribution in [-0.2, 0) is 14.1 Å². The van der Waals surface area contributed by atoms with Gasteiger partial charge in [-0.05, 0) is 19.1 Å². The Balaban J connectivity index is 3.18. The lowest BCUT2D eigenvalue weighted by Crippen LogP contribution is -2.14. The predicted molar refractivity (Wildman–Crippen MR) is 64.4 cm³/mol. The number of esters is 1. The van der Waals surface area contributed by atoms with Gasteiger partial charge in [-0.25, -0.2) is 10.7 Å². The van der Waals surface area contributed by atoms with E-state index in [0.717, 1.165) is 0 Å². The third-order valence-corrected chi connectivity index (χ3v) is 3.87. The molecule has 1 rings (SSSR count). The van der Waals surface area contributed by atoms with E-state index in [0.29, 0.717) is 0 Å². The highest BCUT2D eigenvalue weighted by Crippen LogP contribution is 2.47. The summed E-state index contributed by atoms with van der Waals surface area (Å²) in [7, 11) is -4.16. The van der Waals surface area contributed by atoms with Crippen molar-refractivity contribution in [2.45, 2.75) is 6.92 Å². The number of benzene rings is 1. The second-order valence-electron chi connectivity index (χ2n) is 3.09. The van der Waals surface area contributed by atoms with Crippen LogP contribution in [0.1, 0.15) is 6.92 Å². The first-order valence-corrected chi connectivity index (χ1v) is 6.53. The minimum atomic E-state index is -4.16. The molecule has 5 nitrogen and oxygen atoms in total. The summed E-state index contributed by atoms with van der Waals surface area (Å²) in [6.07, 6.45) is 0. The Morgan fingerprint density at radius 1 is 1.47 bits per heavy atom. The zero-order valence-electron chi connectivity index (χ0n) is 9.16. The van der Waals surface area contributed by atoms with Crippen molar-refractivity contribution < 1.29 is 19.0 Å². The number of nitrogens with zero attached hydrogens (tertiary/aromatic N) is 1. The van der Waals surface area contributed by atoms with Gasteiger partial charge in [0.25, 0.3) is 7.37 Å². The molecule has 6 heteroatoms. The number of carbonyl (C=O) groups is 1. The Hall–Kier alpha value is -1.67. The van der Waals surface area contributed by atoms with Gasteiger partial charge in [0, 0.05) is 5.30 Å². The van der Waals surface area contributed by atoms with Gasteiger partial charge in [-0.2, -0.15) is 0 Å². The minimum Gasteiger partial charge on any atom is -0.762 e. The van der Waals surface area contributed by atoms with Crippen LogP contribution in [0.2, 0.25) is 0 Å². The number of hydrogen-bond acceptors (Lipinski definition) is 3. The fourth-order valence-electron chi connectivity index (χ4n) is 1.20. The van der Waals surface area contributed by atoms with Crippen LogP contribution >= 0.6 is 7.37 Å². The highest BCUT2D eigenvalue weighted by molar-refractivity contribution is 7.71. The van der Waals surface area contributed by atoms with Gasteiger partial charge >= 0.3 is 5.97 Å². The molecule has 90 valence electrons. The third-order valence-electron chi connectivity index (χ3n) is 1.98. The van der Waals surface area contributed by atoms with Gasteiger partial charge < -0.3 is 15.0 Å². The van der Waals surface area contributed by atoms with Crippen LogP contribution in [0.25, 0.3) is 5.41 Å². The van der Waals surface area contributed by atoms with E-state index in [1.165, 1.54) is 18.0 Å². The van der Waals surface area contributed by atoms with E-state index in [9.17, 15) is 14.3 Å². The molecule has 0 aliphatic heterocycles. The first kappa shape index (κ1) is 13.4. The monoisotopic (exact) mass is 252 g/mol. The van der Waals surface area contributed by atoms with E-state index in [1.54, 1.807) is 25.1 Å². The van der Waals surface area contributed by atoms with Gasteiger partial charge in [-0.3, -0.25) is 4.57 Å². The summed E-state index contributed by atoms with van der Waals surface area (Å²) in [6, 6.07) is 7.55. The molecule has 1 N–H and O–H groups in total. The van der Waals surface area contributed by atoms with E-state index >= 15 is 0 Å². The molecule has 17 heavy (non-hydrogen) atoms. The van der Waals surface area contributed by atoms with Crippen molar-refractivity contribution in [3.8, 4) is 0 Å². The second kappa shape index (κ2) is 5.60. The lowest BCUT2D eigenvalue weighted by atomic mass is 10.4. The molecule has 0 amide bonds. The average Bonchev–Trinajstić information content (AvgIpc) is 2.31. The van der Waals surface area contributed by atoms with E-state index in [2.05, 4.69) is 4.74 Å². The van der Waals surface area contributed by atoms with Crippen LogP contribution in [0.4, 0.5) is 0 Å². The number of ether oxygens (including phenoxy) is 1. The van der Waals surface area contributed by atoms with Gasteiger partial charge in [0.2, 0.25) is 0 Å². The first-order valence-electron chi connectivity index (χ1n) is 4.87. The van der Waals surface area contributed by atoms with Crippen LogP contribution in [0.5, 0.6) is 0 Å². The lowest BCUT2D eigenvalue weighted by Gasteiger charge is -2.13. The van der Waals surface area contributed by atoms with Crippen molar-refractivity contribution in [3.63, 3.8) is 0 Å². The summed E-state index contributed by atoms with van der Waals surface area (Å²) in [5.74, 6) is 0.403. The fraction of sp³-hybridized carbons (Fsp3) is 0.182. The quantitative estimate of drug-likeness (QED) is 0.378. The third kappa shape index (κ3) is 2.92. The molecule has 1 unspecified atom stereocenters. The van der Waals surface area contributed by atoms with Crippen molar-refractivity contribution >= 4 is 24.5 Å². The predicted octanol–water partition coefficient (Wildman–Crippen LogP) is 1.27. The van der Waals surface area contributed by atoms with Gasteiger partial charge in [0.1, 0.15) is 5.31 Å². The standard InChI is InChI=1S/C11H11NO4P/c1-2-16-11(13)10(8-12)17(14,15)9-6-4-3-5-7-9/h3-7H,2H2,1H3,(H,14,15)/q-1. The molecule has 1 aromatic carbocycles. The number of hydrogen-bond donors (Lipinski definition) is 1. The smallest absolute Gasteiger partial charge is 0.350 e. The van der Waals surface area contributed by atoms with Crippen LogP contribution < -0.4 is 5.30 Å². The zero-order valence-corrected chi connectivity index (χ0v) is 10.1. The average molecular weight is 252 g/mol. The molecule has 0 bridgehead atoms. The summed E-state index contributed by atoms with van der Waals surface area (Å²) in [4.78, 5) is 21.2. The summed E-state index contributed by atoms with van der Waals surface area (Å²) >= 11 is 0. The lowest BCUT2D eigenvalue weighted by molar-refractivity contribution is -0.137. The van der Waals surface area contributed by atoms with E-state index < -0.39 is 18.7 Å². The Morgan fingerprint density at radius 2 is 2.06 bits per heavy atom. The SMILES string of the molecule is CCOC(=O)C(=C=[N-])P(=O)(O)c1ccccc1.